The molecule has 0 saturated carbocycles. The first kappa shape index (κ1) is 28.0. The highest BCUT2D eigenvalue weighted by Crippen LogP contribution is 2.26. The molecule has 0 spiro atoms. The molecule has 0 aromatic carbocycles. The Bertz CT molecular complexity index is 1320. The Hall–Kier alpha value is -4.03. The molecule has 3 aromatic rings. The number of anilines is 2. The van der Waals surface area contributed by atoms with Gasteiger partial charge in [0.05, 0.1) is 5.69 Å². The van der Waals surface area contributed by atoms with Crippen molar-refractivity contribution in [2.24, 2.45) is 7.05 Å². The molecule has 1 atom stereocenters. The van der Waals surface area contributed by atoms with Crippen molar-refractivity contribution < 1.29 is 23.8 Å². The zero-order valence-corrected chi connectivity index (χ0v) is 22.7. The summed E-state index contributed by atoms with van der Waals surface area (Å²) in [5.41, 5.74) is 0.577. The molecule has 1 unspecified atom stereocenters. The zero-order chi connectivity index (χ0) is 28.0. The number of oxazole rings is 1. The Morgan fingerprint density at radius 2 is 2.00 bits per heavy atom. The van der Waals surface area contributed by atoms with Crippen LogP contribution in [0, 0.1) is 0 Å². The maximum Gasteiger partial charge on any atom is 0.416 e. The van der Waals surface area contributed by atoms with Crippen LogP contribution in [-0.2, 0) is 11.8 Å². The lowest BCUT2D eigenvalue weighted by atomic mass is 10.2. The highest BCUT2D eigenvalue weighted by atomic mass is 16.6. The van der Waals surface area contributed by atoms with Gasteiger partial charge in [0.1, 0.15) is 23.4 Å². The normalized spacial score (nSPS) is 18.4. The number of aromatic nitrogens is 4. The molecule has 1 aliphatic heterocycles. The lowest BCUT2D eigenvalue weighted by Gasteiger charge is -2.27. The van der Waals surface area contributed by atoms with Crippen LogP contribution >= 0.6 is 0 Å². The molecule has 3 aromatic heterocycles. The number of carbonyl (C=O) groups excluding carboxylic acids is 2. The lowest BCUT2D eigenvalue weighted by Crippen LogP contribution is -2.38. The average Bonchev–Trinajstić information content (AvgIpc) is 3.50. The van der Waals surface area contributed by atoms with E-state index in [1.54, 1.807) is 31.6 Å². The summed E-state index contributed by atoms with van der Waals surface area (Å²) in [5.74, 6) is 0.0582. The van der Waals surface area contributed by atoms with Gasteiger partial charge in [-0.25, -0.2) is 14.8 Å². The summed E-state index contributed by atoms with van der Waals surface area (Å²) >= 11 is 0. The van der Waals surface area contributed by atoms with Crippen LogP contribution in [0.3, 0.4) is 0 Å². The van der Waals surface area contributed by atoms with Gasteiger partial charge in [-0.2, -0.15) is 5.10 Å². The Morgan fingerprint density at radius 1 is 1.23 bits per heavy atom. The van der Waals surface area contributed by atoms with Crippen LogP contribution in [0.4, 0.5) is 16.3 Å². The van der Waals surface area contributed by atoms with Crippen LogP contribution in [0.15, 0.2) is 47.4 Å². The van der Waals surface area contributed by atoms with E-state index in [9.17, 15) is 14.7 Å². The van der Waals surface area contributed by atoms with E-state index in [1.165, 1.54) is 15.8 Å². The number of rotatable bonds is 0. The van der Waals surface area contributed by atoms with Crippen molar-refractivity contribution in [3.8, 4) is 11.5 Å². The fourth-order valence-corrected chi connectivity index (χ4v) is 3.97. The Morgan fingerprint density at radius 3 is 2.77 bits per heavy atom. The molecule has 0 radical (unpaired) electrons. The van der Waals surface area contributed by atoms with Crippen molar-refractivity contribution in [3.63, 3.8) is 0 Å². The second-order valence-electron chi connectivity index (χ2n) is 10.2. The summed E-state index contributed by atoms with van der Waals surface area (Å²) in [4.78, 5) is 36.3. The van der Waals surface area contributed by atoms with Crippen molar-refractivity contribution in [1.29, 1.82) is 0 Å². The van der Waals surface area contributed by atoms with Gasteiger partial charge >= 0.3 is 6.09 Å². The number of carbonyl (C=O) groups is 2. The third kappa shape index (κ3) is 7.52. The van der Waals surface area contributed by atoms with Crippen LogP contribution in [0.25, 0.3) is 11.5 Å². The van der Waals surface area contributed by atoms with Crippen molar-refractivity contribution in [2.75, 3.05) is 23.3 Å². The molecule has 2 amide bonds. The summed E-state index contributed by atoms with van der Waals surface area (Å²) in [5, 5.41) is 20.7. The molecule has 0 saturated heterocycles. The van der Waals surface area contributed by atoms with E-state index in [4.69, 9.17) is 9.15 Å². The first-order chi connectivity index (χ1) is 18.6. The minimum absolute atomic E-state index is 0.0431. The molecule has 1 aliphatic rings. The predicted octanol–water partition coefficient (Wildman–Crippen LogP) is 4.17. The zero-order valence-electron chi connectivity index (χ0n) is 22.7. The molecule has 0 aliphatic carbocycles. The largest absolute Gasteiger partial charge is 0.444 e. The maximum atomic E-state index is 13.1. The Kier molecular flexibility index (Phi) is 8.77. The molecule has 4 rings (SSSR count). The number of amides is 2. The van der Waals surface area contributed by atoms with Crippen molar-refractivity contribution in [3.05, 3.63) is 54.3 Å². The van der Waals surface area contributed by atoms with E-state index in [-0.39, 0.29) is 11.6 Å². The quantitative estimate of drug-likeness (QED) is 0.359. The number of nitrogens with one attached hydrogen (secondary N) is 2. The number of ether oxygens (including phenoxy) is 1. The number of aliphatic hydroxyl groups is 1. The predicted molar refractivity (Wildman–Crippen MR) is 145 cm³/mol. The topological polar surface area (TPSA) is 148 Å². The summed E-state index contributed by atoms with van der Waals surface area (Å²) in [6.45, 7) is 6.39. The van der Waals surface area contributed by atoms with Gasteiger partial charge in [0.15, 0.2) is 11.9 Å². The first-order valence-corrected chi connectivity index (χ1v) is 12.9. The number of hydrogen-bond acceptors (Lipinski definition) is 9. The highest BCUT2D eigenvalue weighted by Gasteiger charge is 2.25. The molecular weight excluding hydrogens is 502 g/mol. The Balaban J connectivity index is 1.64. The minimum atomic E-state index is -1.05. The van der Waals surface area contributed by atoms with Crippen LogP contribution in [0.2, 0.25) is 0 Å². The number of aliphatic hydroxyl groups excluding tert-OH is 1. The third-order valence-electron chi connectivity index (χ3n) is 5.79. The molecule has 12 nitrogen and oxygen atoms in total. The second kappa shape index (κ2) is 12.2. The summed E-state index contributed by atoms with van der Waals surface area (Å²) in [6, 6.07) is 3.36. The van der Waals surface area contributed by atoms with Crippen molar-refractivity contribution in [1.82, 2.24) is 25.1 Å². The molecule has 4 heterocycles. The molecule has 3 N–H and O–H groups in total. The van der Waals surface area contributed by atoms with Gasteiger partial charge in [0, 0.05) is 31.5 Å². The number of allylic oxidation sites excluding steroid dienone is 2. The van der Waals surface area contributed by atoms with Crippen LogP contribution < -0.4 is 15.5 Å². The van der Waals surface area contributed by atoms with E-state index in [1.807, 2.05) is 20.8 Å². The molecule has 0 fully saturated rings. The van der Waals surface area contributed by atoms with E-state index < -0.39 is 23.8 Å². The van der Waals surface area contributed by atoms with Gasteiger partial charge in [-0.15, -0.1) is 0 Å². The minimum Gasteiger partial charge on any atom is -0.444 e. The standard InChI is InChI=1S/C27H35N7O5/c1-27(2,3)39-26(37)34-14-10-8-6-5-7-9-12-29-24(36)22-19(16-33(4)32-22)30-23(35)20-17-38-25(31-20)18-11-13-28-21(34)15-18/h5-6,11,13,15-17,24,29,36H,7-10,12,14H2,1-4H3,(H,30,35)/b6-5+. The number of hydrogen-bond donors (Lipinski definition) is 3. The van der Waals surface area contributed by atoms with E-state index in [0.29, 0.717) is 42.3 Å². The van der Waals surface area contributed by atoms with E-state index in [2.05, 4.69) is 37.9 Å². The SMILES string of the molecule is Cn1cc2c(n1)C(O)NCCC/C=C/CCCN(C(=O)OC(C)(C)C)c1cc(ccn1)-c1nc(co1)C(=O)N2. The monoisotopic (exact) mass is 537 g/mol. The van der Waals surface area contributed by atoms with Crippen molar-refractivity contribution >= 4 is 23.5 Å². The maximum absolute atomic E-state index is 13.1. The fourth-order valence-electron chi connectivity index (χ4n) is 3.97. The van der Waals surface area contributed by atoms with Crippen LogP contribution in [0.1, 0.15) is 68.9 Å². The lowest BCUT2D eigenvalue weighted by molar-refractivity contribution is 0.0578. The van der Waals surface area contributed by atoms with Gasteiger partial charge < -0.3 is 19.6 Å². The first-order valence-electron chi connectivity index (χ1n) is 12.9. The molecule has 4 bridgehead atoms. The van der Waals surface area contributed by atoms with E-state index >= 15 is 0 Å². The van der Waals surface area contributed by atoms with Gasteiger partial charge in [-0.3, -0.25) is 19.7 Å². The van der Waals surface area contributed by atoms with Crippen LogP contribution in [-0.4, -0.2) is 55.5 Å². The fraction of sp³-hybridized carbons (Fsp3) is 0.444. The number of aryl methyl sites for hydroxylation is 1. The molecule has 39 heavy (non-hydrogen) atoms. The number of nitrogens with zero attached hydrogens (tertiary/aromatic N) is 5. The summed E-state index contributed by atoms with van der Waals surface area (Å²) in [6.07, 6.45) is 10.1. The highest BCUT2D eigenvalue weighted by molar-refractivity contribution is 6.03. The van der Waals surface area contributed by atoms with E-state index in [0.717, 1.165) is 19.3 Å². The smallest absolute Gasteiger partial charge is 0.416 e. The third-order valence-corrected chi connectivity index (χ3v) is 5.79. The van der Waals surface area contributed by atoms with Gasteiger partial charge in [-0.1, -0.05) is 12.2 Å². The summed E-state index contributed by atoms with van der Waals surface area (Å²) in [7, 11) is 1.70. The number of pyridine rings is 1. The molecule has 208 valence electrons. The second-order valence-corrected chi connectivity index (χ2v) is 10.2. The Labute approximate surface area is 227 Å². The molecule has 12 heteroatoms. The van der Waals surface area contributed by atoms with Gasteiger partial charge in [0.25, 0.3) is 5.91 Å². The summed E-state index contributed by atoms with van der Waals surface area (Å²) < 4.78 is 12.7. The van der Waals surface area contributed by atoms with Gasteiger partial charge in [0.2, 0.25) is 5.89 Å². The average molecular weight is 538 g/mol. The molecular formula is C27H35N7O5. The van der Waals surface area contributed by atoms with Gasteiger partial charge in [-0.05, 0) is 65.1 Å². The van der Waals surface area contributed by atoms with Crippen LogP contribution in [0.5, 0.6) is 0 Å². The van der Waals surface area contributed by atoms with Crippen molar-refractivity contribution in [2.45, 2.75) is 58.3 Å². The number of fused-ring (bicyclic) bond motifs is 6.